The molecule has 46 valence electrons. The number of allylic oxidation sites excluding steroid dienone is 1. The first-order valence-corrected chi connectivity index (χ1v) is 2.77. The fraction of sp³-hybridized carbons (Fsp3) is 0.429. The highest BCUT2D eigenvalue weighted by atomic mass is 14.8. The lowest BCUT2D eigenvalue weighted by Crippen LogP contribution is -2.06. The molecule has 1 N–H and O–H groups in total. The first kappa shape index (κ1) is 7.28. The van der Waals surface area contributed by atoms with Crippen LogP contribution < -0.4 is 5.32 Å². The van der Waals surface area contributed by atoms with Crippen molar-refractivity contribution >= 4 is 0 Å². The van der Waals surface area contributed by atoms with Crippen molar-refractivity contribution in [2.24, 2.45) is 0 Å². The van der Waals surface area contributed by atoms with E-state index >= 15 is 0 Å². The van der Waals surface area contributed by atoms with Crippen molar-refractivity contribution in [3.63, 3.8) is 0 Å². The first-order valence-electron chi connectivity index (χ1n) is 2.77. The third kappa shape index (κ3) is 3.47. The highest BCUT2D eigenvalue weighted by molar-refractivity contribution is 4.98. The Labute approximate surface area is 51.1 Å². The summed E-state index contributed by atoms with van der Waals surface area (Å²) in [7, 11) is 0. The number of hydrogen-bond acceptors (Lipinski definition) is 1. The van der Waals surface area contributed by atoms with E-state index in [1.807, 2.05) is 6.92 Å². The van der Waals surface area contributed by atoms with E-state index in [0.29, 0.717) is 0 Å². The predicted octanol–water partition coefficient (Wildman–Crippen LogP) is 1.69. The summed E-state index contributed by atoms with van der Waals surface area (Å²) >= 11 is 0. The van der Waals surface area contributed by atoms with E-state index in [4.69, 9.17) is 0 Å². The highest BCUT2D eigenvalue weighted by Gasteiger charge is 1.79. The fourth-order valence-corrected chi connectivity index (χ4v) is 0.335. The van der Waals surface area contributed by atoms with E-state index in [1.165, 1.54) is 5.57 Å². The van der Waals surface area contributed by atoms with Crippen LogP contribution in [0.25, 0.3) is 0 Å². The van der Waals surface area contributed by atoms with Crippen molar-refractivity contribution in [2.45, 2.75) is 13.8 Å². The molecule has 0 aliphatic carbocycles. The summed E-state index contributed by atoms with van der Waals surface area (Å²) in [5.74, 6) is 0. The molecule has 0 bridgehead atoms. The average Bonchev–Trinajstić information content (AvgIpc) is 1.83. The van der Waals surface area contributed by atoms with Gasteiger partial charge in [-0.2, -0.15) is 0 Å². The van der Waals surface area contributed by atoms with Gasteiger partial charge in [-0.05, 0) is 20.0 Å². The van der Waals surface area contributed by atoms with Crippen LogP contribution in [0.1, 0.15) is 13.8 Å². The molecule has 0 aromatic heterocycles. The largest absolute Gasteiger partial charge is 0.388 e. The molecule has 0 spiro atoms. The third-order valence-electron chi connectivity index (χ3n) is 1.02. The summed E-state index contributed by atoms with van der Waals surface area (Å²) in [6.07, 6.45) is 3.78. The molecule has 8 heavy (non-hydrogen) atoms. The van der Waals surface area contributed by atoms with Crippen LogP contribution in [0, 0.1) is 0 Å². The van der Waals surface area contributed by atoms with E-state index < -0.39 is 0 Å². The molecule has 0 aromatic carbocycles. The van der Waals surface area contributed by atoms with Crippen molar-refractivity contribution in [2.75, 3.05) is 6.54 Å². The zero-order valence-electron chi connectivity index (χ0n) is 5.57. The maximum atomic E-state index is 3.53. The van der Waals surface area contributed by atoms with Crippen molar-refractivity contribution in [3.8, 4) is 0 Å². The molecule has 0 rings (SSSR count). The van der Waals surface area contributed by atoms with E-state index in [9.17, 15) is 0 Å². The molecule has 1 nitrogen and oxygen atoms in total. The third-order valence-corrected chi connectivity index (χ3v) is 1.02. The molecule has 0 aliphatic rings. The van der Waals surface area contributed by atoms with E-state index in [2.05, 4.69) is 24.9 Å². The molecule has 0 atom stereocenters. The summed E-state index contributed by atoms with van der Waals surface area (Å²) in [6, 6.07) is 0. The fourth-order valence-electron chi connectivity index (χ4n) is 0.335. The lowest BCUT2D eigenvalue weighted by molar-refractivity contribution is 0.936. The lowest BCUT2D eigenvalue weighted by Gasteiger charge is -1.96. The molecule has 1 heteroatoms. The summed E-state index contributed by atoms with van der Waals surface area (Å²) in [5.41, 5.74) is 1.34. The van der Waals surface area contributed by atoms with Gasteiger partial charge in [0.15, 0.2) is 0 Å². The van der Waals surface area contributed by atoms with Crippen LogP contribution in [-0.2, 0) is 0 Å². The van der Waals surface area contributed by atoms with Crippen molar-refractivity contribution < 1.29 is 0 Å². The van der Waals surface area contributed by atoms with Crippen LogP contribution in [0.3, 0.4) is 0 Å². The van der Waals surface area contributed by atoms with Gasteiger partial charge in [-0.1, -0.05) is 18.2 Å². The lowest BCUT2D eigenvalue weighted by atomic mass is 10.3. The van der Waals surface area contributed by atoms with Gasteiger partial charge in [0.25, 0.3) is 0 Å². The first-order chi connectivity index (χ1) is 3.81. The minimum atomic E-state index is 0.917. The monoisotopic (exact) mass is 111 g/mol. The Morgan fingerprint density at radius 1 is 1.75 bits per heavy atom. The summed E-state index contributed by atoms with van der Waals surface area (Å²) in [5, 5.41) is 2.99. The van der Waals surface area contributed by atoms with Gasteiger partial charge in [0.2, 0.25) is 0 Å². The maximum absolute atomic E-state index is 3.53. The van der Waals surface area contributed by atoms with Gasteiger partial charge in [0, 0.05) is 6.54 Å². The Morgan fingerprint density at radius 3 is 2.75 bits per heavy atom. The normalized spacial score (nSPS) is 11.0. The molecule has 0 fully saturated rings. The van der Waals surface area contributed by atoms with Gasteiger partial charge in [-0.15, -0.1) is 0 Å². The van der Waals surface area contributed by atoms with Crippen LogP contribution in [0.4, 0.5) is 0 Å². The predicted molar refractivity (Wildman–Crippen MR) is 37.6 cm³/mol. The van der Waals surface area contributed by atoms with Gasteiger partial charge < -0.3 is 5.32 Å². The second-order valence-electron chi connectivity index (χ2n) is 1.72. The van der Waals surface area contributed by atoms with Crippen LogP contribution in [-0.4, -0.2) is 6.54 Å². The van der Waals surface area contributed by atoms with Crippen molar-refractivity contribution in [3.05, 3.63) is 24.4 Å². The topological polar surface area (TPSA) is 12.0 Å². The van der Waals surface area contributed by atoms with E-state index in [-0.39, 0.29) is 0 Å². The Bertz CT molecular complexity index is 92.6. The van der Waals surface area contributed by atoms with Crippen molar-refractivity contribution in [1.82, 2.24) is 5.32 Å². The smallest absolute Gasteiger partial charge is 0.0351 e. The molecule has 0 heterocycles. The van der Waals surface area contributed by atoms with E-state index in [1.54, 1.807) is 6.20 Å². The second kappa shape index (κ2) is 4.44. The maximum Gasteiger partial charge on any atom is 0.0351 e. The molecule has 0 saturated heterocycles. The number of hydrogen-bond donors (Lipinski definition) is 1. The average molecular weight is 111 g/mol. The quantitative estimate of drug-likeness (QED) is 0.546. The number of nitrogens with one attached hydrogen (secondary N) is 1. The van der Waals surface area contributed by atoms with Crippen LogP contribution in [0.2, 0.25) is 0 Å². The standard InChI is InChI=1S/C7H13N/c1-4-7(3)6-8-5-2/h4-5,8H,2,6H2,1,3H3. The minimum Gasteiger partial charge on any atom is -0.388 e. The molecule has 0 amide bonds. The van der Waals surface area contributed by atoms with Crippen molar-refractivity contribution in [1.29, 1.82) is 0 Å². The zero-order valence-corrected chi connectivity index (χ0v) is 5.57. The Morgan fingerprint density at radius 2 is 2.38 bits per heavy atom. The van der Waals surface area contributed by atoms with Gasteiger partial charge in [0.05, 0.1) is 0 Å². The summed E-state index contributed by atoms with van der Waals surface area (Å²) in [4.78, 5) is 0. The van der Waals surface area contributed by atoms with E-state index in [0.717, 1.165) is 6.54 Å². The van der Waals surface area contributed by atoms with Gasteiger partial charge in [-0.3, -0.25) is 0 Å². The Hall–Kier alpha value is -0.720. The molecular formula is C7H13N. The second-order valence-corrected chi connectivity index (χ2v) is 1.72. The van der Waals surface area contributed by atoms with Gasteiger partial charge in [-0.25, -0.2) is 0 Å². The molecule has 0 unspecified atom stereocenters. The molecule has 0 radical (unpaired) electrons. The van der Waals surface area contributed by atoms with Gasteiger partial charge >= 0.3 is 0 Å². The number of rotatable bonds is 3. The van der Waals surface area contributed by atoms with Gasteiger partial charge in [0.1, 0.15) is 0 Å². The molecular weight excluding hydrogens is 98.1 g/mol. The zero-order chi connectivity index (χ0) is 6.41. The summed E-state index contributed by atoms with van der Waals surface area (Å²) < 4.78 is 0. The Balaban J connectivity index is 3.24. The van der Waals surface area contributed by atoms with Crippen LogP contribution in [0.15, 0.2) is 24.4 Å². The minimum absolute atomic E-state index is 0.917. The van der Waals surface area contributed by atoms with Crippen LogP contribution in [0.5, 0.6) is 0 Å². The highest BCUT2D eigenvalue weighted by Crippen LogP contribution is 1.85. The molecule has 0 aromatic rings. The SMILES string of the molecule is C=CNCC(C)=CC. The molecule has 0 aliphatic heterocycles. The Kier molecular flexibility index (Phi) is 4.04. The summed E-state index contributed by atoms with van der Waals surface area (Å²) in [6.45, 7) is 8.55. The van der Waals surface area contributed by atoms with Crippen LogP contribution >= 0.6 is 0 Å². The molecule has 0 saturated carbocycles.